The summed E-state index contributed by atoms with van der Waals surface area (Å²) >= 11 is 12.3. The number of anilines is 1. The van der Waals surface area contributed by atoms with Crippen LogP contribution in [0.4, 0.5) is 10.5 Å². The summed E-state index contributed by atoms with van der Waals surface area (Å²) in [6.45, 7) is 3.65. The van der Waals surface area contributed by atoms with E-state index in [-0.39, 0.29) is 5.91 Å². The van der Waals surface area contributed by atoms with Gasteiger partial charge in [0.25, 0.3) is 5.91 Å². The SMILES string of the molecule is CC1=C(C(=O)Nc2ccc(C)cc2)C(c2ccc(Cl)cc2Cl)NC(=O)N1. The minimum atomic E-state index is -0.682. The quantitative estimate of drug-likeness (QED) is 0.719. The first kappa shape index (κ1) is 18.3. The van der Waals surface area contributed by atoms with Crippen molar-refractivity contribution in [1.29, 1.82) is 0 Å². The summed E-state index contributed by atoms with van der Waals surface area (Å²) in [6.07, 6.45) is 0. The van der Waals surface area contributed by atoms with Crippen molar-refractivity contribution < 1.29 is 9.59 Å². The van der Waals surface area contributed by atoms with E-state index in [0.717, 1.165) is 5.56 Å². The third-order valence-corrected chi connectivity index (χ3v) is 4.66. The van der Waals surface area contributed by atoms with Gasteiger partial charge in [-0.1, -0.05) is 47.0 Å². The van der Waals surface area contributed by atoms with Crippen molar-refractivity contribution in [1.82, 2.24) is 10.6 Å². The number of allylic oxidation sites excluding steroid dienone is 1. The zero-order valence-corrected chi connectivity index (χ0v) is 15.7. The van der Waals surface area contributed by atoms with Crippen LogP contribution in [0.5, 0.6) is 0 Å². The number of urea groups is 1. The molecule has 0 saturated carbocycles. The van der Waals surface area contributed by atoms with Crippen LogP contribution >= 0.6 is 23.2 Å². The average Bonchev–Trinajstić information content (AvgIpc) is 2.56. The van der Waals surface area contributed by atoms with Crippen LogP contribution in [0.2, 0.25) is 10.0 Å². The normalized spacial score (nSPS) is 16.8. The van der Waals surface area contributed by atoms with E-state index >= 15 is 0 Å². The van der Waals surface area contributed by atoms with Crippen LogP contribution < -0.4 is 16.0 Å². The van der Waals surface area contributed by atoms with Crippen molar-refractivity contribution in [2.45, 2.75) is 19.9 Å². The maximum Gasteiger partial charge on any atom is 0.319 e. The standard InChI is InChI=1S/C19H17Cl2N3O2/c1-10-3-6-13(7-4-10)23-18(25)16-11(2)22-19(26)24-17(16)14-8-5-12(20)9-15(14)21/h3-9,17H,1-2H3,(H,23,25)(H2,22,24,26). The Morgan fingerprint density at radius 3 is 2.42 bits per heavy atom. The zero-order valence-electron chi connectivity index (χ0n) is 14.2. The van der Waals surface area contributed by atoms with Gasteiger partial charge in [0.05, 0.1) is 11.6 Å². The summed E-state index contributed by atoms with van der Waals surface area (Å²) in [6, 6.07) is 11.3. The van der Waals surface area contributed by atoms with Crippen molar-refractivity contribution >= 4 is 40.8 Å². The molecular formula is C19H17Cl2N3O2. The summed E-state index contributed by atoms with van der Waals surface area (Å²) in [7, 11) is 0. The molecule has 1 atom stereocenters. The second-order valence-electron chi connectivity index (χ2n) is 6.06. The highest BCUT2D eigenvalue weighted by molar-refractivity contribution is 6.35. The molecule has 0 radical (unpaired) electrons. The number of benzene rings is 2. The van der Waals surface area contributed by atoms with Gasteiger partial charge >= 0.3 is 6.03 Å². The van der Waals surface area contributed by atoms with Gasteiger partial charge in [-0.05, 0) is 43.7 Å². The second kappa shape index (κ2) is 7.40. The van der Waals surface area contributed by atoms with Crippen molar-refractivity contribution in [2.24, 2.45) is 0 Å². The van der Waals surface area contributed by atoms with E-state index in [4.69, 9.17) is 23.2 Å². The fourth-order valence-electron chi connectivity index (χ4n) is 2.80. The van der Waals surface area contributed by atoms with E-state index in [9.17, 15) is 9.59 Å². The summed E-state index contributed by atoms with van der Waals surface area (Å²) in [5, 5.41) is 9.10. The summed E-state index contributed by atoms with van der Waals surface area (Å²) in [5.74, 6) is -0.324. The van der Waals surface area contributed by atoms with Crippen LogP contribution in [-0.2, 0) is 4.79 Å². The van der Waals surface area contributed by atoms with Gasteiger partial charge in [0, 0.05) is 21.4 Å². The van der Waals surface area contributed by atoms with Gasteiger partial charge in [-0.3, -0.25) is 4.79 Å². The molecule has 3 amide bonds. The monoisotopic (exact) mass is 389 g/mol. The minimum Gasteiger partial charge on any atom is -0.327 e. The van der Waals surface area contributed by atoms with Crippen LogP contribution in [0.25, 0.3) is 0 Å². The number of halogens is 2. The first-order chi connectivity index (χ1) is 12.3. The molecule has 0 saturated heterocycles. The summed E-state index contributed by atoms with van der Waals surface area (Å²) < 4.78 is 0. The van der Waals surface area contributed by atoms with Crippen molar-refractivity contribution in [3.8, 4) is 0 Å². The van der Waals surface area contributed by atoms with Gasteiger partial charge < -0.3 is 16.0 Å². The molecule has 1 unspecified atom stereocenters. The van der Waals surface area contributed by atoms with Gasteiger partial charge in [-0.25, -0.2) is 4.79 Å². The van der Waals surface area contributed by atoms with E-state index in [0.29, 0.717) is 32.6 Å². The van der Waals surface area contributed by atoms with Crippen LogP contribution in [0.15, 0.2) is 53.7 Å². The molecule has 0 aromatic heterocycles. The molecule has 2 aromatic rings. The number of carbonyl (C=O) groups is 2. The number of hydrogen-bond acceptors (Lipinski definition) is 2. The van der Waals surface area contributed by atoms with E-state index in [1.54, 1.807) is 25.1 Å². The number of nitrogens with one attached hydrogen (secondary N) is 3. The van der Waals surface area contributed by atoms with E-state index < -0.39 is 12.1 Å². The molecule has 5 nitrogen and oxygen atoms in total. The van der Waals surface area contributed by atoms with Gasteiger partial charge in [-0.2, -0.15) is 0 Å². The predicted molar refractivity (Wildman–Crippen MR) is 103 cm³/mol. The average molecular weight is 390 g/mol. The lowest BCUT2D eigenvalue weighted by Gasteiger charge is -2.29. The molecule has 1 aliphatic rings. The van der Waals surface area contributed by atoms with Crippen molar-refractivity contribution in [2.75, 3.05) is 5.32 Å². The van der Waals surface area contributed by atoms with Crippen LogP contribution in [0.1, 0.15) is 24.1 Å². The van der Waals surface area contributed by atoms with E-state index in [1.165, 1.54) is 0 Å². The Kier molecular flexibility index (Phi) is 5.20. The third kappa shape index (κ3) is 3.84. The lowest BCUT2D eigenvalue weighted by atomic mass is 9.94. The van der Waals surface area contributed by atoms with E-state index in [2.05, 4.69) is 16.0 Å². The molecule has 1 heterocycles. The Hall–Kier alpha value is -2.50. The Bertz CT molecular complexity index is 908. The Morgan fingerprint density at radius 2 is 1.77 bits per heavy atom. The number of aryl methyl sites for hydroxylation is 1. The molecule has 0 bridgehead atoms. The smallest absolute Gasteiger partial charge is 0.319 e. The fourth-order valence-corrected chi connectivity index (χ4v) is 3.32. The lowest BCUT2D eigenvalue weighted by Crippen LogP contribution is -2.46. The highest BCUT2D eigenvalue weighted by Gasteiger charge is 2.32. The zero-order chi connectivity index (χ0) is 18.8. The molecule has 1 aliphatic heterocycles. The number of rotatable bonds is 3. The predicted octanol–water partition coefficient (Wildman–Crippen LogP) is 4.57. The molecule has 2 aromatic carbocycles. The molecule has 3 N–H and O–H groups in total. The molecule has 134 valence electrons. The molecule has 0 aliphatic carbocycles. The Balaban J connectivity index is 1.97. The number of amides is 3. The van der Waals surface area contributed by atoms with E-state index in [1.807, 2.05) is 31.2 Å². The Labute approximate surface area is 161 Å². The van der Waals surface area contributed by atoms with Crippen LogP contribution in [0.3, 0.4) is 0 Å². The molecule has 7 heteroatoms. The van der Waals surface area contributed by atoms with Crippen LogP contribution in [-0.4, -0.2) is 11.9 Å². The summed E-state index contributed by atoms with van der Waals surface area (Å²) in [4.78, 5) is 24.8. The lowest BCUT2D eigenvalue weighted by molar-refractivity contribution is -0.113. The first-order valence-electron chi connectivity index (χ1n) is 7.96. The molecular weight excluding hydrogens is 373 g/mol. The van der Waals surface area contributed by atoms with Gasteiger partial charge in [0.2, 0.25) is 0 Å². The summed E-state index contributed by atoms with van der Waals surface area (Å²) in [5.41, 5.74) is 3.21. The Morgan fingerprint density at radius 1 is 1.08 bits per heavy atom. The second-order valence-corrected chi connectivity index (χ2v) is 6.90. The first-order valence-corrected chi connectivity index (χ1v) is 8.72. The molecule has 0 fully saturated rings. The largest absolute Gasteiger partial charge is 0.327 e. The van der Waals surface area contributed by atoms with Gasteiger partial charge in [0.1, 0.15) is 0 Å². The van der Waals surface area contributed by atoms with Gasteiger partial charge in [-0.15, -0.1) is 0 Å². The third-order valence-electron chi connectivity index (χ3n) is 4.10. The number of carbonyl (C=O) groups excluding carboxylic acids is 2. The number of hydrogen-bond donors (Lipinski definition) is 3. The van der Waals surface area contributed by atoms with Gasteiger partial charge in [0.15, 0.2) is 0 Å². The topological polar surface area (TPSA) is 70.2 Å². The maximum absolute atomic E-state index is 12.9. The molecule has 0 spiro atoms. The fraction of sp³-hybridized carbons (Fsp3) is 0.158. The minimum absolute atomic E-state index is 0.324. The highest BCUT2D eigenvalue weighted by atomic mass is 35.5. The molecule has 26 heavy (non-hydrogen) atoms. The highest BCUT2D eigenvalue weighted by Crippen LogP contribution is 2.33. The molecule has 3 rings (SSSR count). The van der Waals surface area contributed by atoms with Crippen LogP contribution in [0, 0.1) is 6.92 Å². The van der Waals surface area contributed by atoms with Crippen molar-refractivity contribution in [3.63, 3.8) is 0 Å². The maximum atomic E-state index is 12.9. The van der Waals surface area contributed by atoms with Crippen molar-refractivity contribution in [3.05, 3.63) is 74.9 Å².